The zero-order valence-corrected chi connectivity index (χ0v) is 12.9. The van der Waals surface area contributed by atoms with Crippen LogP contribution in [0.15, 0.2) is 47.0 Å². The van der Waals surface area contributed by atoms with Gasteiger partial charge in [-0.25, -0.2) is 4.79 Å². The molecule has 1 fully saturated rings. The Morgan fingerprint density at radius 3 is 2.74 bits per heavy atom. The fraction of sp³-hybridized carbons (Fsp3) is 0.200. The van der Waals surface area contributed by atoms with Crippen LogP contribution >= 0.6 is 11.8 Å². The largest absolute Gasteiger partial charge is 0.456 e. The maximum atomic E-state index is 12.1. The molecule has 3 rings (SSSR count). The predicted molar refractivity (Wildman–Crippen MR) is 83.0 cm³/mol. The lowest BCUT2D eigenvalue weighted by atomic mass is 10.1. The van der Waals surface area contributed by atoms with Crippen molar-refractivity contribution in [2.75, 3.05) is 0 Å². The number of nitro benzene ring substituents is 1. The van der Waals surface area contributed by atoms with E-state index >= 15 is 0 Å². The number of nitro groups is 1. The lowest BCUT2D eigenvalue weighted by Crippen LogP contribution is -2.51. The zero-order chi connectivity index (χ0) is 16.6. The molecule has 1 amide bonds. The van der Waals surface area contributed by atoms with Crippen LogP contribution in [-0.2, 0) is 20.9 Å². The van der Waals surface area contributed by atoms with Crippen LogP contribution in [0.3, 0.4) is 0 Å². The van der Waals surface area contributed by atoms with Gasteiger partial charge >= 0.3 is 5.97 Å². The number of carbonyl (C=O) groups excluding carboxylic acids is 2. The summed E-state index contributed by atoms with van der Waals surface area (Å²) in [5, 5.41) is 12.1. The minimum absolute atomic E-state index is 0.0119. The van der Waals surface area contributed by atoms with Crippen molar-refractivity contribution in [2.24, 2.45) is 0 Å². The highest BCUT2D eigenvalue weighted by Crippen LogP contribution is 2.44. The van der Waals surface area contributed by atoms with Gasteiger partial charge in [-0.2, -0.15) is 0 Å². The molecule has 2 aliphatic heterocycles. The normalized spacial score (nSPS) is 20.8. The molecule has 23 heavy (non-hydrogen) atoms. The number of benzene rings is 1. The van der Waals surface area contributed by atoms with Crippen molar-refractivity contribution < 1.29 is 19.2 Å². The van der Waals surface area contributed by atoms with E-state index in [0.717, 1.165) is 0 Å². The summed E-state index contributed by atoms with van der Waals surface area (Å²) in [6, 6.07) is 5.75. The standard InChI is InChI=1S/C15H12N2O5S/c1-2-11-13(18)16-12(8-23-14(11)16)15(19)22-7-9-3-5-10(6-4-9)17(20)21/h2-6,8,14H,7H2,1H3/t14-/m0/s1. The number of amides is 1. The van der Waals surface area contributed by atoms with Crippen LogP contribution in [0.1, 0.15) is 12.5 Å². The molecule has 118 valence electrons. The van der Waals surface area contributed by atoms with Gasteiger partial charge in [-0.05, 0) is 24.6 Å². The molecule has 0 unspecified atom stereocenters. The number of esters is 1. The Kier molecular flexibility index (Phi) is 3.91. The molecule has 8 heteroatoms. The SMILES string of the molecule is CC=C1C(=O)N2C(C(=O)OCc3ccc([N+](=O)[O-])cc3)=CS[C@@H]12. The van der Waals surface area contributed by atoms with Crippen molar-refractivity contribution in [3.8, 4) is 0 Å². The summed E-state index contributed by atoms with van der Waals surface area (Å²) in [6.07, 6.45) is 1.75. The van der Waals surface area contributed by atoms with E-state index in [9.17, 15) is 19.7 Å². The van der Waals surface area contributed by atoms with Crippen molar-refractivity contribution in [2.45, 2.75) is 18.9 Å². The number of carbonyl (C=O) groups is 2. The summed E-state index contributed by atoms with van der Waals surface area (Å²) in [5.41, 5.74) is 1.53. The van der Waals surface area contributed by atoms with Gasteiger partial charge in [0.05, 0.1) is 4.92 Å². The first kappa shape index (κ1) is 15.3. The summed E-state index contributed by atoms with van der Waals surface area (Å²) in [4.78, 5) is 35.5. The van der Waals surface area contributed by atoms with Crippen molar-refractivity contribution in [1.29, 1.82) is 0 Å². The highest BCUT2D eigenvalue weighted by atomic mass is 32.2. The van der Waals surface area contributed by atoms with Crippen LogP contribution in [0, 0.1) is 10.1 Å². The van der Waals surface area contributed by atoms with E-state index in [1.807, 2.05) is 0 Å². The Balaban J connectivity index is 1.60. The van der Waals surface area contributed by atoms with Crippen molar-refractivity contribution in [3.05, 3.63) is 62.7 Å². The van der Waals surface area contributed by atoms with Crippen molar-refractivity contribution in [3.63, 3.8) is 0 Å². The highest BCUT2D eigenvalue weighted by molar-refractivity contribution is 8.03. The fourth-order valence-electron chi connectivity index (χ4n) is 2.33. The summed E-state index contributed by atoms with van der Waals surface area (Å²) in [7, 11) is 0. The molecule has 1 aromatic carbocycles. The van der Waals surface area contributed by atoms with Crippen LogP contribution in [0.5, 0.6) is 0 Å². The molecule has 2 aliphatic rings. The molecular formula is C15H12N2O5S. The van der Waals surface area contributed by atoms with Crippen LogP contribution in [0.4, 0.5) is 5.69 Å². The maximum Gasteiger partial charge on any atom is 0.355 e. The predicted octanol–water partition coefficient (Wildman–Crippen LogP) is 2.34. The summed E-state index contributed by atoms with van der Waals surface area (Å²) in [6.45, 7) is 1.78. The van der Waals surface area contributed by atoms with Crippen molar-refractivity contribution >= 4 is 29.3 Å². The van der Waals surface area contributed by atoms with Crippen LogP contribution in [0.25, 0.3) is 0 Å². The number of thioether (sulfide) groups is 1. The van der Waals surface area contributed by atoms with E-state index in [1.165, 1.54) is 40.9 Å². The molecule has 7 nitrogen and oxygen atoms in total. The number of non-ortho nitro benzene ring substituents is 1. The third-order valence-corrected chi connectivity index (χ3v) is 4.65. The summed E-state index contributed by atoms with van der Waals surface area (Å²) < 4.78 is 5.18. The van der Waals surface area contributed by atoms with E-state index in [-0.39, 0.29) is 29.3 Å². The lowest BCUT2D eigenvalue weighted by Gasteiger charge is -2.37. The van der Waals surface area contributed by atoms with Gasteiger partial charge in [-0.1, -0.05) is 6.08 Å². The third kappa shape index (κ3) is 2.61. The Bertz CT molecular complexity index is 754. The van der Waals surface area contributed by atoms with E-state index in [2.05, 4.69) is 0 Å². The molecule has 1 aromatic rings. The first-order valence-corrected chi connectivity index (χ1v) is 7.73. The van der Waals surface area contributed by atoms with Gasteiger partial charge in [0, 0.05) is 23.1 Å². The monoisotopic (exact) mass is 332 g/mol. The van der Waals surface area contributed by atoms with Crippen LogP contribution < -0.4 is 0 Å². The Labute approximate surface area is 135 Å². The Morgan fingerprint density at radius 1 is 1.43 bits per heavy atom. The van der Waals surface area contributed by atoms with E-state index in [4.69, 9.17) is 4.74 Å². The highest BCUT2D eigenvalue weighted by Gasteiger charge is 2.49. The Morgan fingerprint density at radius 2 is 2.13 bits per heavy atom. The van der Waals surface area contributed by atoms with Gasteiger partial charge in [0.15, 0.2) is 0 Å². The molecule has 0 N–H and O–H groups in total. The van der Waals surface area contributed by atoms with E-state index < -0.39 is 10.9 Å². The molecule has 0 radical (unpaired) electrons. The number of β-lactam (4-membered cyclic amide) rings is 1. The molecular weight excluding hydrogens is 320 g/mol. The molecule has 1 atom stereocenters. The quantitative estimate of drug-likeness (QED) is 0.276. The molecule has 0 aliphatic carbocycles. The van der Waals surface area contributed by atoms with Gasteiger partial charge in [0.1, 0.15) is 17.7 Å². The van der Waals surface area contributed by atoms with Crippen molar-refractivity contribution in [1.82, 2.24) is 4.90 Å². The first-order valence-electron chi connectivity index (χ1n) is 6.78. The molecule has 0 bridgehead atoms. The molecule has 0 aromatic heterocycles. The van der Waals surface area contributed by atoms with Crippen LogP contribution in [0.2, 0.25) is 0 Å². The number of hydrogen-bond donors (Lipinski definition) is 0. The van der Waals surface area contributed by atoms with Crippen LogP contribution in [-0.4, -0.2) is 27.1 Å². The van der Waals surface area contributed by atoms with E-state index in [0.29, 0.717) is 11.1 Å². The minimum atomic E-state index is -0.582. The number of rotatable bonds is 4. The molecule has 2 heterocycles. The maximum absolute atomic E-state index is 12.1. The average Bonchev–Trinajstić information content (AvgIpc) is 2.93. The average molecular weight is 332 g/mol. The molecule has 0 spiro atoms. The number of allylic oxidation sites excluding steroid dienone is 1. The second kappa shape index (κ2) is 5.88. The fourth-order valence-corrected chi connectivity index (χ4v) is 3.51. The number of fused-ring (bicyclic) bond motifs is 1. The van der Waals surface area contributed by atoms with Gasteiger partial charge in [-0.3, -0.25) is 19.8 Å². The molecule has 1 saturated heterocycles. The smallest absolute Gasteiger partial charge is 0.355 e. The van der Waals surface area contributed by atoms with E-state index in [1.54, 1.807) is 18.4 Å². The lowest BCUT2D eigenvalue weighted by molar-refractivity contribution is -0.384. The topological polar surface area (TPSA) is 89.8 Å². The number of nitrogens with zero attached hydrogens (tertiary/aromatic N) is 2. The van der Waals surface area contributed by atoms with Gasteiger partial charge < -0.3 is 4.74 Å². The summed E-state index contributed by atoms with van der Waals surface area (Å²) >= 11 is 1.39. The second-order valence-electron chi connectivity index (χ2n) is 4.91. The third-order valence-electron chi connectivity index (χ3n) is 3.57. The second-order valence-corrected chi connectivity index (χ2v) is 5.86. The molecule has 0 saturated carbocycles. The Hall–Kier alpha value is -2.61. The zero-order valence-electron chi connectivity index (χ0n) is 12.1. The minimum Gasteiger partial charge on any atom is -0.456 e. The van der Waals surface area contributed by atoms with Gasteiger partial charge in [-0.15, -0.1) is 11.8 Å². The summed E-state index contributed by atoms with van der Waals surface area (Å²) in [5.74, 6) is -0.761. The van der Waals surface area contributed by atoms with Gasteiger partial charge in [0.25, 0.3) is 11.6 Å². The van der Waals surface area contributed by atoms with Gasteiger partial charge in [0.2, 0.25) is 0 Å². The number of hydrogen-bond acceptors (Lipinski definition) is 6. The number of ether oxygens (including phenoxy) is 1. The first-order chi connectivity index (χ1) is 11.0.